The van der Waals surface area contributed by atoms with E-state index < -0.39 is 0 Å². The van der Waals surface area contributed by atoms with Crippen LogP contribution in [0.25, 0.3) is 0 Å². The molecule has 5 heteroatoms. The van der Waals surface area contributed by atoms with Crippen LogP contribution in [-0.4, -0.2) is 15.9 Å². The lowest BCUT2D eigenvalue weighted by molar-refractivity contribution is 0.102. The zero-order chi connectivity index (χ0) is 13.1. The molecular weight excluding hydrogens is 228 g/mol. The molecular formula is C13H14N4O. The number of pyridine rings is 2. The quantitative estimate of drug-likeness (QED) is 0.843. The molecule has 0 unspecified atom stereocenters. The van der Waals surface area contributed by atoms with Crippen molar-refractivity contribution >= 4 is 17.3 Å². The predicted octanol–water partition coefficient (Wildman–Crippen LogP) is 1.93. The second-order valence-electron chi connectivity index (χ2n) is 4.00. The molecule has 0 atom stereocenters. The van der Waals surface area contributed by atoms with Gasteiger partial charge in [-0.25, -0.2) is 0 Å². The third-order valence-corrected chi connectivity index (χ3v) is 2.57. The fourth-order valence-corrected chi connectivity index (χ4v) is 1.62. The van der Waals surface area contributed by atoms with Crippen LogP contribution < -0.4 is 11.1 Å². The summed E-state index contributed by atoms with van der Waals surface area (Å²) in [6, 6.07) is 5.26. The summed E-state index contributed by atoms with van der Waals surface area (Å²) in [4.78, 5) is 20.2. The zero-order valence-electron chi connectivity index (χ0n) is 10.3. The van der Waals surface area contributed by atoms with Gasteiger partial charge >= 0.3 is 0 Å². The molecule has 0 aliphatic heterocycles. The standard InChI is InChI=1S/C13H14N4O/c1-8-3-4-12(9(2)16-8)17-13(18)10-5-6-15-7-11(10)14/h3-7H,14H2,1-2H3,(H,17,18). The molecule has 0 saturated carbocycles. The summed E-state index contributed by atoms with van der Waals surface area (Å²) in [5, 5.41) is 2.79. The molecule has 1 amide bonds. The van der Waals surface area contributed by atoms with Crippen LogP contribution >= 0.6 is 0 Å². The first kappa shape index (κ1) is 12.0. The van der Waals surface area contributed by atoms with Crippen molar-refractivity contribution in [2.24, 2.45) is 0 Å². The molecule has 0 spiro atoms. The van der Waals surface area contributed by atoms with E-state index in [1.807, 2.05) is 26.0 Å². The van der Waals surface area contributed by atoms with Crippen LogP contribution in [0.15, 0.2) is 30.6 Å². The molecule has 2 aromatic heterocycles. The van der Waals surface area contributed by atoms with Crippen molar-refractivity contribution in [3.05, 3.63) is 47.5 Å². The number of hydrogen-bond donors (Lipinski definition) is 2. The van der Waals surface area contributed by atoms with E-state index in [-0.39, 0.29) is 5.91 Å². The maximum atomic E-state index is 12.0. The first-order valence-corrected chi connectivity index (χ1v) is 5.53. The van der Waals surface area contributed by atoms with Crippen molar-refractivity contribution in [2.75, 3.05) is 11.1 Å². The van der Waals surface area contributed by atoms with Gasteiger partial charge in [-0.3, -0.25) is 14.8 Å². The first-order valence-electron chi connectivity index (χ1n) is 5.53. The second kappa shape index (κ2) is 4.83. The number of aryl methyl sites for hydroxylation is 2. The topological polar surface area (TPSA) is 80.9 Å². The third kappa shape index (κ3) is 2.45. The van der Waals surface area contributed by atoms with Gasteiger partial charge in [0.15, 0.2) is 0 Å². The van der Waals surface area contributed by atoms with Gasteiger partial charge in [0.1, 0.15) is 0 Å². The van der Waals surface area contributed by atoms with Gasteiger partial charge in [-0.15, -0.1) is 0 Å². The minimum Gasteiger partial charge on any atom is -0.397 e. The lowest BCUT2D eigenvalue weighted by Crippen LogP contribution is -2.15. The SMILES string of the molecule is Cc1ccc(NC(=O)c2ccncc2N)c(C)n1. The summed E-state index contributed by atoms with van der Waals surface area (Å²) in [5.41, 5.74) is 8.83. The second-order valence-corrected chi connectivity index (χ2v) is 4.00. The lowest BCUT2D eigenvalue weighted by atomic mass is 10.2. The van der Waals surface area contributed by atoms with E-state index in [0.717, 1.165) is 11.4 Å². The molecule has 18 heavy (non-hydrogen) atoms. The number of amides is 1. The molecule has 0 bridgehead atoms. The maximum Gasteiger partial charge on any atom is 0.257 e. The molecule has 2 aromatic rings. The van der Waals surface area contributed by atoms with Crippen molar-refractivity contribution in [1.29, 1.82) is 0 Å². The summed E-state index contributed by atoms with van der Waals surface area (Å²) in [6.07, 6.45) is 2.99. The Balaban J connectivity index is 2.24. The van der Waals surface area contributed by atoms with Crippen LogP contribution in [-0.2, 0) is 0 Å². The number of nitrogen functional groups attached to an aromatic ring is 1. The van der Waals surface area contributed by atoms with Crippen molar-refractivity contribution in [2.45, 2.75) is 13.8 Å². The maximum absolute atomic E-state index is 12.0. The van der Waals surface area contributed by atoms with E-state index in [0.29, 0.717) is 16.9 Å². The Labute approximate surface area is 105 Å². The van der Waals surface area contributed by atoms with Crippen molar-refractivity contribution < 1.29 is 4.79 Å². The summed E-state index contributed by atoms with van der Waals surface area (Å²) in [6.45, 7) is 3.75. The van der Waals surface area contributed by atoms with Crippen LogP contribution in [0.4, 0.5) is 11.4 Å². The lowest BCUT2D eigenvalue weighted by Gasteiger charge is -2.09. The van der Waals surface area contributed by atoms with Gasteiger partial charge < -0.3 is 11.1 Å². The molecule has 2 heterocycles. The van der Waals surface area contributed by atoms with E-state index in [1.165, 1.54) is 12.4 Å². The van der Waals surface area contributed by atoms with Gasteiger partial charge in [0.05, 0.1) is 28.8 Å². The number of nitrogens with zero attached hydrogens (tertiary/aromatic N) is 2. The first-order chi connectivity index (χ1) is 8.58. The summed E-state index contributed by atoms with van der Waals surface area (Å²) in [7, 11) is 0. The largest absolute Gasteiger partial charge is 0.397 e. The summed E-state index contributed by atoms with van der Waals surface area (Å²) < 4.78 is 0. The summed E-state index contributed by atoms with van der Waals surface area (Å²) >= 11 is 0. The number of carbonyl (C=O) groups excluding carboxylic acids is 1. The molecule has 5 nitrogen and oxygen atoms in total. The highest BCUT2D eigenvalue weighted by Gasteiger charge is 2.11. The van der Waals surface area contributed by atoms with Gasteiger partial charge in [0.2, 0.25) is 0 Å². The Morgan fingerprint density at radius 3 is 2.72 bits per heavy atom. The highest BCUT2D eigenvalue weighted by atomic mass is 16.1. The summed E-state index contributed by atoms with van der Waals surface area (Å²) in [5.74, 6) is -0.261. The Morgan fingerprint density at radius 1 is 1.28 bits per heavy atom. The van der Waals surface area contributed by atoms with Gasteiger partial charge in [-0.05, 0) is 32.0 Å². The fourth-order valence-electron chi connectivity index (χ4n) is 1.62. The monoisotopic (exact) mass is 242 g/mol. The van der Waals surface area contributed by atoms with Gasteiger partial charge in [-0.2, -0.15) is 0 Å². The molecule has 0 aliphatic carbocycles. The Morgan fingerprint density at radius 2 is 2.06 bits per heavy atom. The van der Waals surface area contributed by atoms with Gasteiger partial charge in [-0.1, -0.05) is 0 Å². The molecule has 3 N–H and O–H groups in total. The smallest absolute Gasteiger partial charge is 0.257 e. The fraction of sp³-hybridized carbons (Fsp3) is 0.154. The Kier molecular flexibility index (Phi) is 3.23. The molecule has 0 fully saturated rings. The number of hydrogen-bond acceptors (Lipinski definition) is 4. The van der Waals surface area contributed by atoms with Crippen LogP contribution in [0, 0.1) is 13.8 Å². The van der Waals surface area contributed by atoms with Crippen molar-refractivity contribution in [3.8, 4) is 0 Å². The number of nitrogens with two attached hydrogens (primary N) is 1. The van der Waals surface area contributed by atoms with Crippen molar-refractivity contribution in [1.82, 2.24) is 9.97 Å². The van der Waals surface area contributed by atoms with Gasteiger partial charge in [0, 0.05) is 11.9 Å². The van der Waals surface area contributed by atoms with Gasteiger partial charge in [0.25, 0.3) is 5.91 Å². The molecule has 0 aromatic carbocycles. The van der Waals surface area contributed by atoms with Crippen LogP contribution in [0.1, 0.15) is 21.7 Å². The van der Waals surface area contributed by atoms with Crippen LogP contribution in [0.5, 0.6) is 0 Å². The third-order valence-electron chi connectivity index (χ3n) is 2.57. The van der Waals surface area contributed by atoms with E-state index in [2.05, 4.69) is 15.3 Å². The number of nitrogens with one attached hydrogen (secondary N) is 1. The van der Waals surface area contributed by atoms with E-state index >= 15 is 0 Å². The number of aromatic nitrogens is 2. The Hall–Kier alpha value is -2.43. The number of rotatable bonds is 2. The van der Waals surface area contributed by atoms with E-state index in [4.69, 9.17) is 5.73 Å². The van der Waals surface area contributed by atoms with Crippen LogP contribution in [0.3, 0.4) is 0 Å². The minimum atomic E-state index is -0.261. The molecule has 0 saturated heterocycles. The molecule has 0 aliphatic rings. The molecule has 0 radical (unpaired) electrons. The highest BCUT2D eigenvalue weighted by molar-refractivity contribution is 6.07. The molecule has 92 valence electrons. The minimum absolute atomic E-state index is 0.261. The average molecular weight is 242 g/mol. The van der Waals surface area contributed by atoms with Crippen LogP contribution in [0.2, 0.25) is 0 Å². The number of anilines is 2. The molecule has 2 rings (SSSR count). The van der Waals surface area contributed by atoms with Crippen molar-refractivity contribution in [3.63, 3.8) is 0 Å². The van der Waals surface area contributed by atoms with E-state index in [1.54, 1.807) is 6.07 Å². The van der Waals surface area contributed by atoms with E-state index in [9.17, 15) is 4.79 Å². The highest BCUT2D eigenvalue weighted by Crippen LogP contribution is 2.16. The Bertz CT molecular complexity index is 595. The predicted molar refractivity (Wildman–Crippen MR) is 70.3 cm³/mol. The normalized spacial score (nSPS) is 10.1. The average Bonchev–Trinajstić information content (AvgIpc) is 2.33. The zero-order valence-corrected chi connectivity index (χ0v) is 10.3. The number of carbonyl (C=O) groups is 1.